The number of hydrogen-bond acceptors (Lipinski definition) is 1. The number of rotatable bonds is 4. The molecule has 0 N–H and O–H groups in total. The molecule has 0 rings (SSSR count). The van der Waals surface area contributed by atoms with E-state index in [-0.39, 0.29) is 0 Å². The van der Waals surface area contributed by atoms with Crippen molar-refractivity contribution in [2.75, 3.05) is 14.1 Å². The van der Waals surface area contributed by atoms with Crippen LogP contribution in [0.5, 0.6) is 0 Å². The first-order valence-electron chi connectivity index (χ1n) is 3.93. The van der Waals surface area contributed by atoms with Crippen molar-refractivity contribution in [3.63, 3.8) is 0 Å². The van der Waals surface area contributed by atoms with Gasteiger partial charge < -0.3 is 4.90 Å². The summed E-state index contributed by atoms with van der Waals surface area (Å²) in [5.41, 5.74) is 0. The molecule has 0 amide bonds. The fourth-order valence-electron chi connectivity index (χ4n) is 1.22. The van der Waals surface area contributed by atoms with Crippen LogP contribution in [0, 0.1) is 0 Å². The molecular weight excluding hydrogens is 237 g/mol. The molecule has 2 heteroatoms. The maximum atomic E-state index is 2.54. The zero-order chi connectivity index (χ0) is 8.15. The van der Waals surface area contributed by atoms with Gasteiger partial charge in [-0.3, -0.25) is 0 Å². The van der Waals surface area contributed by atoms with E-state index >= 15 is 0 Å². The van der Waals surface area contributed by atoms with Gasteiger partial charge in [-0.2, -0.15) is 0 Å². The van der Waals surface area contributed by atoms with Crippen LogP contribution in [-0.4, -0.2) is 29.0 Å². The molecule has 0 aliphatic heterocycles. The van der Waals surface area contributed by atoms with Gasteiger partial charge in [0.05, 0.1) is 0 Å². The summed E-state index contributed by atoms with van der Waals surface area (Å²) < 4.78 is 0.803. The van der Waals surface area contributed by atoms with Gasteiger partial charge in [-0.25, -0.2) is 0 Å². The lowest BCUT2D eigenvalue weighted by Crippen LogP contribution is -2.34. The average molecular weight is 255 g/mol. The van der Waals surface area contributed by atoms with E-state index in [2.05, 4.69) is 55.4 Å². The largest absolute Gasteiger partial charge is 0.305 e. The third-order valence-electron chi connectivity index (χ3n) is 1.89. The molecule has 0 aliphatic carbocycles. The molecule has 0 bridgehead atoms. The van der Waals surface area contributed by atoms with E-state index in [1.54, 1.807) is 0 Å². The van der Waals surface area contributed by atoms with Crippen LogP contribution in [0.2, 0.25) is 0 Å². The Hall–Kier alpha value is 0.690. The van der Waals surface area contributed by atoms with Gasteiger partial charge >= 0.3 is 0 Å². The zero-order valence-electron chi connectivity index (χ0n) is 7.39. The summed E-state index contributed by atoms with van der Waals surface area (Å²) in [4.78, 5) is 2.32. The molecule has 62 valence electrons. The summed E-state index contributed by atoms with van der Waals surface area (Å²) in [6.07, 6.45) is 2.53. The van der Waals surface area contributed by atoms with E-state index in [1.165, 1.54) is 12.8 Å². The fourth-order valence-corrected chi connectivity index (χ4v) is 2.37. The summed E-state index contributed by atoms with van der Waals surface area (Å²) in [5, 5.41) is 0. The van der Waals surface area contributed by atoms with Crippen molar-refractivity contribution in [3.8, 4) is 0 Å². The monoisotopic (exact) mass is 255 g/mol. The maximum absolute atomic E-state index is 2.54. The molecule has 0 fully saturated rings. The molecule has 2 atom stereocenters. The summed E-state index contributed by atoms with van der Waals surface area (Å²) >= 11 is 2.54. The van der Waals surface area contributed by atoms with Crippen molar-refractivity contribution in [2.45, 2.75) is 36.7 Å². The van der Waals surface area contributed by atoms with Gasteiger partial charge in [0, 0.05) is 9.97 Å². The Morgan fingerprint density at radius 2 is 1.70 bits per heavy atom. The smallest absolute Gasteiger partial charge is 0.0262 e. The molecule has 10 heavy (non-hydrogen) atoms. The second kappa shape index (κ2) is 5.35. The van der Waals surface area contributed by atoms with E-state index in [9.17, 15) is 0 Å². The van der Waals surface area contributed by atoms with E-state index in [1.807, 2.05) is 0 Å². The SMILES string of the molecule is CC[C@H](I)[C@H](CC)N(C)C. The summed E-state index contributed by atoms with van der Waals surface area (Å²) in [7, 11) is 4.32. The number of hydrogen-bond donors (Lipinski definition) is 0. The van der Waals surface area contributed by atoms with Crippen LogP contribution in [0.1, 0.15) is 26.7 Å². The highest BCUT2D eigenvalue weighted by Gasteiger charge is 2.16. The second-order valence-corrected chi connectivity index (χ2v) is 4.46. The summed E-state index contributed by atoms with van der Waals surface area (Å²) in [5.74, 6) is 0. The topological polar surface area (TPSA) is 3.24 Å². The summed E-state index contributed by atoms with van der Waals surface area (Å²) in [6, 6.07) is 0.755. The molecule has 0 saturated carbocycles. The van der Waals surface area contributed by atoms with Crippen LogP contribution >= 0.6 is 22.6 Å². The molecule has 0 saturated heterocycles. The molecule has 0 aliphatic rings. The molecule has 1 nitrogen and oxygen atoms in total. The van der Waals surface area contributed by atoms with Crippen LogP contribution in [-0.2, 0) is 0 Å². The first-order chi connectivity index (χ1) is 4.63. The molecule has 0 aromatic rings. The first-order valence-corrected chi connectivity index (χ1v) is 5.18. The molecule has 0 aromatic heterocycles. The Morgan fingerprint density at radius 1 is 1.20 bits per heavy atom. The van der Waals surface area contributed by atoms with E-state index in [0.717, 1.165) is 9.97 Å². The van der Waals surface area contributed by atoms with Crippen molar-refractivity contribution >= 4 is 22.6 Å². The highest BCUT2D eigenvalue weighted by atomic mass is 127. The molecule has 0 aromatic carbocycles. The lowest BCUT2D eigenvalue weighted by atomic mass is 10.1. The van der Waals surface area contributed by atoms with E-state index < -0.39 is 0 Å². The fraction of sp³-hybridized carbons (Fsp3) is 1.00. The maximum Gasteiger partial charge on any atom is 0.0262 e. The second-order valence-electron chi connectivity index (χ2n) is 2.86. The van der Waals surface area contributed by atoms with Crippen molar-refractivity contribution < 1.29 is 0 Å². The van der Waals surface area contributed by atoms with Gasteiger partial charge in [0.1, 0.15) is 0 Å². The molecular formula is C8H18IN. The standard InChI is InChI=1S/C8H18IN/c1-5-7(9)8(6-2)10(3)4/h7-8H,5-6H2,1-4H3/t7-,8-/m0/s1. The molecule has 0 radical (unpaired) electrons. The molecule has 0 unspecified atom stereocenters. The number of nitrogens with zero attached hydrogens (tertiary/aromatic N) is 1. The Bertz CT molecular complexity index is 83.3. The predicted octanol–water partition coefficient (Wildman–Crippen LogP) is 2.54. The van der Waals surface area contributed by atoms with Gasteiger partial charge in [-0.15, -0.1) is 0 Å². The van der Waals surface area contributed by atoms with Crippen LogP contribution in [0.3, 0.4) is 0 Å². The minimum atomic E-state index is 0.755. The van der Waals surface area contributed by atoms with Crippen molar-refractivity contribution in [2.24, 2.45) is 0 Å². The first kappa shape index (κ1) is 10.7. The Morgan fingerprint density at radius 3 is 1.80 bits per heavy atom. The Balaban J connectivity index is 3.80. The zero-order valence-corrected chi connectivity index (χ0v) is 9.55. The minimum Gasteiger partial charge on any atom is -0.305 e. The third-order valence-corrected chi connectivity index (χ3v) is 3.60. The number of alkyl halides is 1. The Labute approximate surface area is 78.3 Å². The third kappa shape index (κ3) is 3.19. The van der Waals surface area contributed by atoms with Crippen LogP contribution < -0.4 is 0 Å². The molecule has 0 spiro atoms. The highest BCUT2D eigenvalue weighted by Crippen LogP contribution is 2.16. The van der Waals surface area contributed by atoms with E-state index in [0.29, 0.717) is 0 Å². The highest BCUT2D eigenvalue weighted by molar-refractivity contribution is 14.1. The minimum absolute atomic E-state index is 0.755. The van der Waals surface area contributed by atoms with Crippen LogP contribution in [0.4, 0.5) is 0 Å². The quantitative estimate of drug-likeness (QED) is 0.551. The normalized spacial score (nSPS) is 17.4. The van der Waals surface area contributed by atoms with Crippen molar-refractivity contribution in [1.29, 1.82) is 0 Å². The lowest BCUT2D eigenvalue weighted by Gasteiger charge is -2.26. The van der Waals surface area contributed by atoms with Gasteiger partial charge in [-0.05, 0) is 26.9 Å². The molecule has 0 heterocycles. The number of halogens is 1. The van der Waals surface area contributed by atoms with Crippen molar-refractivity contribution in [3.05, 3.63) is 0 Å². The van der Waals surface area contributed by atoms with Gasteiger partial charge in [0.15, 0.2) is 0 Å². The van der Waals surface area contributed by atoms with Crippen molar-refractivity contribution in [1.82, 2.24) is 4.90 Å². The van der Waals surface area contributed by atoms with E-state index in [4.69, 9.17) is 0 Å². The van der Waals surface area contributed by atoms with Gasteiger partial charge in [0.25, 0.3) is 0 Å². The van der Waals surface area contributed by atoms with Crippen LogP contribution in [0.25, 0.3) is 0 Å². The lowest BCUT2D eigenvalue weighted by molar-refractivity contribution is 0.282. The summed E-state index contributed by atoms with van der Waals surface area (Å²) in [6.45, 7) is 4.51. The van der Waals surface area contributed by atoms with Gasteiger partial charge in [-0.1, -0.05) is 36.4 Å². The average Bonchev–Trinajstić information content (AvgIpc) is 1.88. The Kier molecular flexibility index (Phi) is 5.72. The van der Waals surface area contributed by atoms with Crippen LogP contribution in [0.15, 0.2) is 0 Å². The van der Waals surface area contributed by atoms with Gasteiger partial charge in [0.2, 0.25) is 0 Å². The predicted molar refractivity (Wildman–Crippen MR) is 55.9 cm³/mol.